The maximum absolute atomic E-state index is 11.8. The number of rotatable bonds is 4. The molecule has 1 aromatic carbocycles. The van der Waals surface area contributed by atoms with Crippen LogP contribution < -0.4 is 10.0 Å². The molecule has 0 aromatic heterocycles. The van der Waals surface area contributed by atoms with Gasteiger partial charge in [-0.1, -0.05) is 18.2 Å². The van der Waals surface area contributed by atoms with E-state index in [2.05, 4.69) is 10.1 Å². The van der Waals surface area contributed by atoms with Crippen molar-refractivity contribution in [3.05, 3.63) is 30.3 Å². The van der Waals surface area contributed by atoms with Crippen LogP contribution in [-0.4, -0.2) is 32.6 Å². The molecule has 0 atom stereocenters. The fraction of sp³-hybridized carbons (Fsp3) is 0.385. The Hall–Kier alpha value is -2.09. The topological polar surface area (TPSA) is 102 Å². The fourth-order valence-electron chi connectivity index (χ4n) is 1.31. The quantitative estimate of drug-likeness (QED) is 0.864. The summed E-state index contributed by atoms with van der Waals surface area (Å²) in [6, 6.07) is 7.42. The largest absolute Gasteiger partial charge is 0.439 e. The van der Waals surface area contributed by atoms with E-state index in [0.29, 0.717) is 0 Å². The van der Waals surface area contributed by atoms with Crippen LogP contribution in [0, 0.1) is 0 Å². The molecule has 2 N–H and O–H groups in total. The van der Waals surface area contributed by atoms with Crippen molar-refractivity contribution < 1.29 is 22.7 Å². The molecule has 0 heterocycles. The van der Waals surface area contributed by atoms with E-state index in [9.17, 15) is 18.0 Å². The van der Waals surface area contributed by atoms with Crippen LogP contribution in [-0.2, 0) is 19.6 Å². The van der Waals surface area contributed by atoms with Gasteiger partial charge >= 0.3 is 6.09 Å². The van der Waals surface area contributed by atoms with E-state index in [1.54, 1.807) is 26.8 Å². The first-order valence-electron chi connectivity index (χ1n) is 6.16. The summed E-state index contributed by atoms with van der Waals surface area (Å²) in [7, 11) is -3.95. The van der Waals surface area contributed by atoms with Gasteiger partial charge in [0, 0.05) is 5.54 Å². The van der Waals surface area contributed by atoms with Crippen molar-refractivity contribution >= 4 is 22.0 Å². The van der Waals surface area contributed by atoms with Crippen molar-refractivity contribution in [2.45, 2.75) is 31.2 Å². The molecular weight excluding hydrogens is 296 g/mol. The molecule has 1 aromatic rings. The van der Waals surface area contributed by atoms with Crippen molar-refractivity contribution in [2.24, 2.45) is 0 Å². The second kappa shape index (κ2) is 6.57. The minimum Gasteiger partial charge on any atom is -0.439 e. The molecule has 0 saturated carbocycles. The lowest BCUT2D eigenvalue weighted by Gasteiger charge is -2.19. The van der Waals surface area contributed by atoms with Gasteiger partial charge in [0.25, 0.3) is 15.9 Å². The number of benzene rings is 1. The second-order valence-electron chi connectivity index (χ2n) is 5.29. The zero-order valence-corrected chi connectivity index (χ0v) is 12.9. The first kappa shape index (κ1) is 17.0. The number of nitrogens with one attached hydrogen (secondary N) is 2. The molecule has 2 amide bonds. The number of hydrogen-bond donors (Lipinski definition) is 2. The van der Waals surface area contributed by atoms with Crippen LogP contribution in [0.25, 0.3) is 0 Å². The molecule has 0 fully saturated rings. The van der Waals surface area contributed by atoms with Crippen molar-refractivity contribution in [3.8, 4) is 0 Å². The molecule has 0 radical (unpaired) electrons. The molecule has 1 rings (SSSR count). The van der Waals surface area contributed by atoms with Gasteiger partial charge in [-0.15, -0.1) is 0 Å². The highest BCUT2D eigenvalue weighted by Gasteiger charge is 2.19. The molecule has 116 valence electrons. The van der Waals surface area contributed by atoms with E-state index in [-0.39, 0.29) is 4.90 Å². The van der Waals surface area contributed by atoms with Crippen LogP contribution >= 0.6 is 0 Å². The van der Waals surface area contributed by atoms with Crippen LogP contribution in [0.5, 0.6) is 0 Å². The van der Waals surface area contributed by atoms with Gasteiger partial charge in [0.1, 0.15) is 0 Å². The highest BCUT2D eigenvalue weighted by molar-refractivity contribution is 7.90. The fourth-order valence-corrected chi connectivity index (χ4v) is 2.30. The van der Waals surface area contributed by atoms with Crippen LogP contribution in [0.15, 0.2) is 35.2 Å². The molecule has 0 aliphatic rings. The summed E-state index contributed by atoms with van der Waals surface area (Å²) >= 11 is 0. The molecule has 0 bridgehead atoms. The molecular formula is C13H18N2O5S. The Bertz CT molecular complexity index is 605. The van der Waals surface area contributed by atoms with Crippen LogP contribution in [0.4, 0.5) is 4.79 Å². The second-order valence-corrected chi connectivity index (χ2v) is 6.98. The SMILES string of the molecule is CC(C)(C)NC(=O)OCC(=O)NS(=O)(=O)c1ccccc1. The Morgan fingerprint density at radius 1 is 1.14 bits per heavy atom. The normalized spacial score (nSPS) is 11.6. The van der Waals surface area contributed by atoms with E-state index >= 15 is 0 Å². The van der Waals surface area contributed by atoms with E-state index in [1.165, 1.54) is 24.3 Å². The van der Waals surface area contributed by atoms with Gasteiger partial charge in [-0.25, -0.2) is 17.9 Å². The maximum atomic E-state index is 11.8. The van der Waals surface area contributed by atoms with Gasteiger partial charge in [0.05, 0.1) is 4.90 Å². The van der Waals surface area contributed by atoms with Gasteiger partial charge in [0.15, 0.2) is 6.61 Å². The Labute approximate surface area is 123 Å². The summed E-state index contributed by atoms with van der Waals surface area (Å²) in [4.78, 5) is 22.8. The van der Waals surface area contributed by atoms with Crippen molar-refractivity contribution in [1.29, 1.82) is 0 Å². The van der Waals surface area contributed by atoms with Crippen molar-refractivity contribution in [1.82, 2.24) is 10.0 Å². The third-order valence-electron chi connectivity index (χ3n) is 2.11. The van der Waals surface area contributed by atoms with Gasteiger partial charge < -0.3 is 10.1 Å². The van der Waals surface area contributed by atoms with E-state index in [4.69, 9.17) is 0 Å². The Morgan fingerprint density at radius 2 is 1.71 bits per heavy atom. The van der Waals surface area contributed by atoms with Gasteiger partial charge in [-0.05, 0) is 32.9 Å². The predicted molar refractivity (Wildman–Crippen MR) is 76.0 cm³/mol. The maximum Gasteiger partial charge on any atom is 0.408 e. The third-order valence-corrected chi connectivity index (χ3v) is 3.50. The summed E-state index contributed by atoms with van der Waals surface area (Å²) in [5.41, 5.74) is -0.510. The van der Waals surface area contributed by atoms with Crippen LogP contribution in [0.2, 0.25) is 0 Å². The average molecular weight is 314 g/mol. The highest BCUT2D eigenvalue weighted by atomic mass is 32.2. The molecule has 21 heavy (non-hydrogen) atoms. The molecule has 0 aliphatic heterocycles. The number of hydrogen-bond acceptors (Lipinski definition) is 5. The van der Waals surface area contributed by atoms with Gasteiger partial charge in [-0.3, -0.25) is 4.79 Å². The minimum absolute atomic E-state index is 0.0440. The number of carbonyl (C=O) groups is 2. The average Bonchev–Trinajstić information content (AvgIpc) is 2.35. The van der Waals surface area contributed by atoms with E-state index in [1.807, 2.05) is 4.72 Å². The molecule has 0 unspecified atom stereocenters. The lowest BCUT2D eigenvalue weighted by Crippen LogP contribution is -2.42. The third kappa shape index (κ3) is 6.26. The van der Waals surface area contributed by atoms with Crippen molar-refractivity contribution in [3.63, 3.8) is 0 Å². The van der Waals surface area contributed by atoms with E-state index in [0.717, 1.165) is 0 Å². The highest BCUT2D eigenvalue weighted by Crippen LogP contribution is 2.06. The molecule has 7 nitrogen and oxygen atoms in total. The van der Waals surface area contributed by atoms with Crippen LogP contribution in [0.3, 0.4) is 0 Å². The van der Waals surface area contributed by atoms with Gasteiger partial charge in [-0.2, -0.15) is 0 Å². The number of carbonyl (C=O) groups excluding carboxylic acids is 2. The summed E-state index contributed by atoms with van der Waals surface area (Å²) in [6.07, 6.45) is -0.797. The molecule has 0 spiro atoms. The smallest absolute Gasteiger partial charge is 0.408 e. The number of sulfonamides is 1. The predicted octanol–water partition coefficient (Wildman–Crippen LogP) is 1.02. The first-order valence-corrected chi connectivity index (χ1v) is 7.64. The number of ether oxygens (including phenoxy) is 1. The first-order chi connectivity index (χ1) is 9.60. The zero-order chi connectivity index (χ0) is 16.1. The standard InChI is InChI=1S/C13H18N2O5S/c1-13(2,3)14-12(17)20-9-11(16)15-21(18,19)10-7-5-4-6-8-10/h4-8H,9H2,1-3H3,(H,14,17)(H,15,16). The lowest BCUT2D eigenvalue weighted by atomic mass is 10.1. The minimum atomic E-state index is -3.95. The Kier molecular flexibility index (Phi) is 5.31. The molecule has 0 aliphatic carbocycles. The number of amides is 2. The Morgan fingerprint density at radius 3 is 2.24 bits per heavy atom. The molecule has 8 heteroatoms. The van der Waals surface area contributed by atoms with Crippen LogP contribution in [0.1, 0.15) is 20.8 Å². The van der Waals surface area contributed by atoms with Gasteiger partial charge in [0.2, 0.25) is 0 Å². The summed E-state index contributed by atoms with van der Waals surface area (Å²) in [5, 5.41) is 2.48. The van der Waals surface area contributed by atoms with E-state index < -0.39 is 34.2 Å². The molecule has 0 saturated heterocycles. The summed E-state index contributed by atoms with van der Waals surface area (Å²) in [6.45, 7) is 4.55. The number of alkyl carbamates (subject to hydrolysis) is 1. The monoisotopic (exact) mass is 314 g/mol. The summed E-state index contributed by atoms with van der Waals surface area (Å²) < 4.78 is 30.1. The zero-order valence-electron chi connectivity index (χ0n) is 12.0. The lowest BCUT2D eigenvalue weighted by molar-refractivity contribution is -0.122. The Balaban J connectivity index is 2.53. The van der Waals surface area contributed by atoms with Crippen molar-refractivity contribution in [2.75, 3.05) is 6.61 Å². The summed E-state index contributed by atoms with van der Waals surface area (Å²) in [5.74, 6) is -0.928.